The summed E-state index contributed by atoms with van der Waals surface area (Å²) in [4.78, 5) is 10.2. The second-order valence-corrected chi connectivity index (χ2v) is 12.2. The van der Waals surface area contributed by atoms with Crippen molar-refractivity contribution in [3.63, 3.8) is 0 Å². The van der Waals surface area contributed by atoms with Gasteiger partial charge in [-0.3, -0.25) is 0 Å². The maximum atomic E-state index is 5.12. The van der Waals surface area contributed by atoms with Crippen molar-refractivity contribution in [2.45, 2.75) is 0 Å². The van der Waals surface area contributed by atoms with Gasteiger partial charge < -0.3 is 4.57 Å². The molecule has 0 N–H and O–H groups in total. The Kier molecular flexibility index (Phi) is 7.14. The Morgan fingerprint density at radius 3 is 1.55 bits per heavy atom. The fourth-order valence-electron chi connectivity index (χ4n) is 6.89. The second kappa shape index (κ2) is 12.2. The van der Waals surface area contributed by atoms with Crippen LogP contribution in [0.3, 0.4) is 0 Å². The Morgan fingerprint density at radius 1 is 0.347 bits per heavy atom. The summed E-state index contributed by atoms with van der Waals surface area (Å²) in [5, 5.41) is 2.44. The van der Waals surface area contributed by atoms with Crippen LogP contribution in [0.4, 0.5) is 0 Å². The summed E-state index contributed by atoms with van der Waals surface area (Å²) in [7, 11) is 0. The van der Waals surface area contributed by atoms with Gasteiger partial charge in [0.2, 0.25) is 0 Å². The number of fused-ring (bicyclic) bond motifs is 3. The van der Waals surface area contributed by atoms with Crippen molar-refractivity contribution in [3.05, 3.63) is 188 Å². The molecule has 0 aliphatic rings. The third kappa shape index (κ3) is 5.28. The van der Waals surface area contributed by atoms with Crippen LogP contribution in [0, 0.1) is 0 Å². The van der Waals surface area contributed by atoms with E-state index in [1.807, 2.05) is 12.1 Å². The molecule has 0 aliphatic carbocycles. The predicted molar refractivity (Wildman–Crippen MR) is 204 cm³/mol. The van der Waals surface area contributed by atoms with Gasteiger partial charge in [-0.1, -0.05) is 146 Å². The topological polar surface area (TPSA) is 30.7 Å². The normalized spacial score (nSPS) is 11.3. The molecule has 3 heteroatoms. The molecule has 230 valence electrons. The van der Waals surface area contributed by atoms with Gasteiger partial charge >= 0.3 is 0 Å². The van der Waals surface area contributed by atoms with Crippen LogP contribution in [0.2, 0.25) is 0 Å². The Hall–Kier alpha value is -6.58. The summed E-state index contributed by atoms with van der Waals surface area (Å²) >= 11 is 0. The van der Waals surface area contributed by atoms with Crippen LogP contribution in [-0.4, -0.2) is 14.5 Å². The molecular weight excluding hydrogens is 595 g/mol. The van der Waals surface area contributed by atoms with E-state index in [1.54, 1.807) is 0 Å². The van der Waals surface area contributed by atoms with Crippen LogP contribution in [0.5, 0.6) is 0 Å². The van der Waals surface area contributed by atoms with Gasteiger partial charge in [0.25, 0.3) is 0 Å². The van der Waals surface area contributed by atoms with Crippen LogP contribution >= 0.6 is 0 Å². The van der Waals surface area contributed by atoms with Crippen LogP contribution in [0.25, 0.3) is 83.6 Å². The van der Waals surface area contributed by atoms with E-state index >= 15 is 0 Å². The van der Waals surface area contributed by atoms with E-state index in [0.29, 0.717) is 5.82 Å². The molecule has 0 unspecified atom stereocenters. The number of nitrogens with zero attached hydrogens (tertiary/aromatic N) is 3. The minimum atomic E-state index is 0.701. The lowest BCUT2D eigenvalue weighted by atomic mass is 9.96. The number of aromatic nitrogens is 3. The molecule has 9 aromatic rings. The van der Waals surface area contributed by atoms with Crippen molar-refractivity contribution >= 4 is 21.8 Å². The van der Waals surface area contributed by atoms with Crippen molar-refractivity contribution in [1.29, 1.82) is 0 Å². The Labute approximate surface area is 285 Å². The number of hydrogen-bond acceptors (Lipinski definition) is 2. The molecule has 3 nitrogen and oxygen atoms in total. The van der Waals surface area contributed by atoms with Gasteiger partial charge in [0.1, 0.15) is 0 Å². The maximum Gasteiger partial charge on any atom is 0.160 e. The molecule has 0 amide bonds. The minimum absolute atomic E-state index is 0.701. The third-order valence-corrected chi connectivity index (χ3v) is 9.21. The highest BCUT2D eigenvalue weighted by Gasteiger charge is 2.18. The first-order valence-corrected chi connectivity index (χ1v) is 16.6. The zero-order valence-corrected chi connectivity index (χ0v) is 26.7. The number of rotatable bonds is 6. The summed E-state index contributed by atoms with van der Waals surface area (Å²) in [5.41, 5.74) is 13.1. The molecule has 0 atom stereocenters. The van der Waals surface area contributed by atoms with E-state index in [4.69, 9.17) is 9.97 Å². The Morgan fingerprint density at radius 2 is 0.898 bits per heavy atom. The van der Waals surface area contributed by atoms with Crippen LogP contribution in [0.1, 0.15) is 0 Å². The molecule has 49 heavy (non-hydrogen) atoms. The Bertz CT molecular complexity index is 2510. The fourth-order valence-corrected chi connectivity index (χ4v) is 6.89. The molecule has 0 saturated carbocycles. The highest BCUT2D eigenvalue weighted by Crippen LogP contribution is 2.41. The third-order valence-electron chi connectivity index (χ3n) is 9.21. The van der Waals surface area contributed by atoms with Gasteiger partial charge in [-0.05, 0) is 64.7 Å². The summed E-state index contributed by atoms with van der Waals surface area (Å²) in [5.74, 6) is 0.701. The summed E-state index contributed by atoms with van der Waals surface area (Å²) in [6.07, 6.45) is 0. The fraction of sp³-hybridized carbons (Fsp3) is 0. The Balaban J connectivity index is 1.26. The molecule has 0 spiro atoms. The van der Waals surface area contributed by atoms with Crippen molar-refractivity contribution in [2.24, 2.45) is 0 Å². The van der Waals surface area contributed by atoms with E-state index in [0.717, 1.165) is 39.3 Å². The largest absolute Gasteiger partial charge is 0.309 e. The average Bonchev–Trinajstić information content (AvgIpc) is 3.53. The summed E-state index contributed by atoms with van der Waals surface area (Å²) < 4.78 is 2.38. The molecule has 0 aliphatic heterocycles. The van der Waals surface area contributed by atoms with E-state index < -0.39 is 0 Å². The van der Waals surface area contributed by atoms with E-state index in [9.17, 15) is 0 Å². The number of para-hydroxylation sites is 1. The van der Waals surface area contributed by atoms with Gasteiger partial charge in [-0.2, -0.15) is 0 Å². The van der Waals surface area contributed by atoms with E-state index in [1.165, 1.54) is 38.5 Å². The molecule has 2 heterocycles. The van der Waals surface area contributed by atoms with Crippen LogP contribution in [0.15, 0.2) is 188 Å². The zero-order chi connectivity index (χ0) is 32.6. The first-order chi connectivity index (χ1) is 24.3. The molecule has 9 rings (SSSR count). The lowest BCUT2D eigenvalue weighted by Crippen LogP contribution is -1.96. The lowest BCUT2D eigenvalue weighted by Gasteiger charge is -2.11. The quantitative estimate of drug-likeness (QED) is 0.184. The van der Waals surface area contributed by atoms with Gasteiger partial charge in [0.15, 0.2) is 5.82 Å². The van der Waals surface area contributed by atoms with Crippen LogP contribution in [-0.2, 0) is 0 Å². The van der Waals surface area contributed by atoms with Crippen molar-refractivity contribution in [3.8, 4) is 61.8 Å². The summed E-state index contributed by atoms with van der Waals surface area (Å²) in [6.45, 7) is 0. The molecule has 0 fully saturated rings. The molecule has 0 bridgehead atoms. The van der Waals surface area contributed by atoms with Gasteiger partial charge in [-0.15, -0.1) is 0 Å². The summed E-state index contributed by atoms with van der Waals surface area (Å²) in [6, 6.07) is 66.2. The molecule has 0 radical (unpaired) electrons. The lowest BCUT2D eigenvalue weighted by molar-refractivity contribution is 1.18. The van der Waals surface area contributed by atoms with Gasteiger partial charge in [0, 0.05) is 33.2 Å². The van der Waals surface area contributed by atoms with E-state index in [-0.39, 0.29) is 0 Å². The first kappa shape index (κ1) is 28.6. The highest BCUT2D eigenvalue weighted by atomic mass is 15.0. The number of hydrogen-bond donors (Lipinski definition) is 0. The molecule has 0 saturated heterocycles. The predicted octanol–water partition coefficient (Wildman–Crippen LogP) is 11.9. The smallest absolute Gasteiger partial charge is 0.160 e. The number of benzene rings is 7. The van der Waals surface area contributed by atoms with Gasteiger partial charge in [0.05, 0.1) is 22.4 Å². The molecular formula is C46H31N3. The first-order valence-electron chi connectivity index (χ1n) is 16.6. The van der Waals surface area contributed by atoms with Crippen molar-refractivity contribution < 1.29 is 0 Å². The van der Waals surface area contributed by atoms with Crippen molar-refractivity contribution in [1.82, 2.24) is 14.5 Å². The van der Waals surface area contributed by atoms with E-state index in [2.05, 4.69) is 180 Å². The zero-order valence-electron chi connectivity index (χ0n) is 26.7. The van der Waals surface area contributed by atoms with Gasteiger partial charge in [-0.25, -0.2) is 9.97 Å². The SMILES string of the molecule is c1ccc(-c2ccc3c(c2)c2c(-c4cccc(-c5nc(-c6ccccc6)cc(-c6ccccc6)n5)c4)cccc2n3-c2ccccc2)cc1. The van der Waals surface area contributed by atoms with Crippen LogP contribution < -0.4 is 0 Å². The molecule has 7 aromatic carbocycles. The monoisotopic (exact) mass is 625 g/mol. The maximum absolute atomic E-state index is 5.12. The minimum Gasteiger partial charge on any atom is -0.309 e. The van der Waals surface area contributed by atoms with Crippen molar-refractivity contribution in [2.75, 3.05) is 0 Å². The second-order valence-electron chi connectivity index (χ2n) is 12.2. The average molecular weight is 626 g/mol. The highest BCUT2D eigenvalue weighted by molar-refractivity contribution is 6.16. The molecule has 2 aromatic heterocycles. The standard InChI is InChI=1S/C46H31N3/c1-5-15-32(16-6-1)35-27-28-43-40(30-35)45-39(25-14-26-44(45)49(43)38-23-11-4-12-24-38)36-21-13-22-37(29-36)46-47-41(33-17-7-2-8-18-33)31-42(48-46)34-19-9-3-10-20-34/h1-31H.